The summed E-state index contributed by atoms with van der Waals surface area (Å²) in [6.07, 6.45) is 9.70. The SMILES string of the molecule is Brc1ccc(C2(Cc3ccccc3)c3ccccc3-c3nccn32)cc1.CC(C)(O)c1ccc(C2(Cc3ccccc3)c3ccccc3-c3nccn32)cc1. The summed E-state index contributed by atoms with van der Waals surface area (Å²) in [7, 11) is 0. The summed E-state index contributed by atoms with van der Waals surface area (Å²) < 4.78 is 5.74. The van der Waals surface area contributed by atoms with E-state index in [2.05, 4.69) is 193 Å². The van der Waals surface area contributed by atoms with Crippen LogP contribution in [0.25, 0.3) is 22.8 Å². The van der Waals surface area contributed by atoms with E-state index in [1.807, 2.05) is 38.4 Å². The highest BCUT2D eigenvalue weighted by Gasteiger charge is 2.46. The van der Waals surface area contributed by atoms with Crippen LogP contribution in [0.1, 0.15) is 52.8 Å². The van der Waals surface area contributed by atoms with Crippen LogP contribution in [-0.4, -0.2) is 24.2 Å². The minimum Gasteiger partial charge on any atom is -0.386 e. The minimum absolute atomic E-state index is 0.287. The van der Waals surface area contributed by atoms with Crippen LogP contribution < -0.4 is 0 Å². The van der Waals surface area contributed by atoms with Crippen LogP contribution in [0.3, 0.4) is 0 Å². The van der Waals surface area contributed by atoms with Crippen molar-refractivity contribution in [3.05, 3.63) is 226 Å². The normalized spacial score (nSPS) is 17.7. The van der Waals surface area contributed by atoms with Crippen molar-refractivity contribution in [1.29, 1.82) is 0 Å². The van der Waals surface area contributed by atoms with Gasteiger partial charge in [-0.3, -0.25) is 0 Å². The highest BCUT2D eigenvalue weighted by Crippen LogP contribution is 2.50. The van der Waals surface area contributed by atoms with Crippen LogP contribution in [0.2, 0.25) is 0 Å². The average molecular weight is 782 g/mol. The monoisotopic (exact) mass is 780 g/mol. The summed E-state index contributed by atoms with van der Waals surface area (Å²) in [6, 6.07) is 55.6. The number of halogens is 1. The zero-order chi connectivity index (χ0) is 37.6. The van der Waals surface area contributed by atoms with E-state index in [9.17, 15) is 5.11 Å². The van der Waals surface area contributed by atoms with Gasteiger partial charge in [0.2, 0.25) is 0 Å². The summed E-state index contributed by atoms with van der Waals surface area (Å²) in [4.78, 5) is 9.35. The van der Waals surface area contributed by atoms with Crippen molar-refractivity contribution in [2.24, 2.45) is 0 Å². The van der Waals surface area contributed by atoms with Crippen molar-refractivity contribution in [3.8, 4) is 22.8 Å². The Morgan fingerprint density at radius 1 is 0.527 bits per heavy atom. The summed E-state index contributed by atoms with van der Waals surface area (Å²) in [5.41, 5.74) is 9.42. The van der Waals surface area contributed by atoms with Gasteiger partial charge >= 0.3 is 0 Å². The Kier molecular flexibility index (Phi) is 8.76. The highest BCUT2D eigenvalue weighted by atomic mass is 79.9. The molecular weight excluding hydrogens is 740 g/mol. The van der Waals surface area contributed by atoms with Crippen molar-refractivity contribution >= 4 is 15.9 Å². The van der Waals surface area contributed by atoms with Gasteiger partial charge in [-0.15, -0.1) is 0 Å². The zero-order valence-corrected chi connectivity index (χ0v) is 32.4. The minimum atomic E-state index is -0.862. The molecule has 2 aliphatic rings. The second kappa shape index (κ2) is 13.8. The van der Waals surface area contributed by atoms with Crippen LogP contribution in [-0.2, 0) is 29.5 Å². The lowest BCUT2D eigenvalue weighted by Crippen LogP contribution is -2.35. The van der Waals surface area contributed by atoms with Crippen LogP contribution in [0.4, 0.5) is 0 Å². The van der Waals surface area contributed by atoms with E-state index in [1.54, 1.807) is 0 Å². The molecule has 4 heterocycles. The third kappa shape index (κ3) is 5.88. The number of nitrogens with zero attached hydrogens (tertiary/aromatic N) is 4. The molecule has 0 radical (unpaired) electrons. The second-order valence-corrected chi connectivity index (χ2v) is 15.9. The Morgan fingerprint density at radius 3 is 1.36 bits per heavy atom. The summed E-state index contributed by atoms with van der Waals surface area (Å²) in [6.45, 7) is 3.64. The Bertz CT molecular complexity index is 2590. The van der Waals surface area contributed by atoms with Crippen LogP contribution in [0.5, 0.6) is 0 Å². The first-order valence-electron chi connectivity index (χ1n) is 18.7. The number of hydrogen-bond donors (Lipinski definition) is 1. The number of fused-ring (bicyclic) bond motifs is 6. The molecule has 0 fully saturated rings. The van der Waals surface area contributed by atoms with Gasteiger partial charge in [-0.25, -0.2) is 9.97 Å². The van der Waals surface area contributed by atoms with Crippen molar-refractivity contribution in [2.75, 3.05) is 0 Å². The largest absolute Gasteiger partial charge is 0.386 e. The van der Waals surface area contributed by atoms with E-state index < -0.39 is 5.60 Å². The molecule has 270 valence electrons. The first-order valence-corrected chi connectivity index (χ1v) is 19.5. The van der Waals surface area contributed by atoms with E-state index in [1.165, 1.54) is 44.5 Å². The number of aliphatic hydroxyl groups is 1. The third-order valence-electron chi connectivity index (χ3n) is 11.3. The molecule has 0 saturated carbocycles. The molecule has 8 aromatic rings. The van der Waals surface area contributed by atoms with Crippen LogP contribution in [0, 0.1) is 0 Å². The van der Waals surface area contributed by atoms with E-state index in [0.29, 0.717) is 0 Å². The molecule has 1 N–H and O–H groups in total. The summed E-state index contributed by atoms with van der Waals surface area (Å²) >= 11 is 3.58. The molecule has 0 aliphatic carbocycles. The maximum absolute atomic E-state index is 10.4. The molecule has 0 saturated heterocycles. The van der Waals surface area contributed by atoms with Gasteiger partial charge in [-0.1, -0.05) is 162 Å². The maximum atomic E-state index is 10.4. The van der Waals surface area contributed by atoms with Gasteiger partial charge in [0.1, 0.15) is 22.7 Å². The van der Waals surface area contributed by atoms with Crippen LogP contribution in [0.15, 0.2) is 187 Å². The van der Waals surface area contributed by atoms with Crippen LogP contribution >= 0.6 is 15.9 Å². The molecule has 2 aromatic heterocycles. The smallest absolute Gasteiger partial charge is 0.141 e. The predicted octanol–water partition coefficient (Wildman–Crippen LogP) is 10.8. The molecule has 2 aliphatic heterocycles. The van der Waals surface area contributed by atoms with Gasteiger partial charge in [-0.05, 0) is 64.9 Å². The average Bonchev–Trinajstić information content (AvgIpc) is 4.00. The molecule has 6 heteroatoms. The van der Waals surface area contributed by atoms with E-state index in [-0.39, 0.29) is 11.1 Å². The Hall–Kier alpha value is -5.82. The molecule has 2 atom stereocenters. The summed E-state index contributed by atoms with van der Waals surface area (Å²) in [5.74, 6) is 2.04. The molecule has 0 bridgehead atoms. The van der Waals surface area contributed by atoms with Crippen molar-refractivity contribution in [3.63, 3.8) is 0 Å². The van der Waals surface area contributed by atoms with Crippen molar-refractivity contribution in [2.45, 2.75) is 43.4 Å². The Morgan fingerprint density at radius 2 is 0.927 bits per heavy atom. The molecule has 10 rings (SSSR count). The van der Waals surface area contributed by atoms with E-state index >= 15 is 0 Å². The molecule has 55 heavy (non-hydrogen) atoms. The molecule has 2 unspecified atom stereocenters. The van der Waals surface area contributed by atoms with E-state index in [4.69, 9.17) is 0 Å². The first kappa shape index (κ1) is 34.9. The molecule has 0 amide bonds. The second-order valence-electron chi connectivity index (χ2n) is 15.0. The quantitative estimate of drug-likeness (QED) is 0.175. The van der Waals surface area contributed by atoms with Gasteiger partial charge in [-0.2, -0.15) is 0 Å². The Balaban J connectivity index is 0.000000145. The lowest BCUT2D eigenvalue weighted by atomic mass is 9.77. The predicted molar refractivity (Wildman–Crippen MR) is 224 cm³/mol. The van der Waals surface area contributed by atoms with Gasteiger partial charge in [0.25, 0.3) is 0 Å². The fraction of sp³-hybridized carbons (Fsp3) is 0.143. The molecular formula is C49H41BrN4O. The fourth-order valence-electron chi connectivity index (χ4n) is 8.77. The number of hydrogen-bond acceptors (Lipinski definition) is 3. The number of rotatable bonds is 7. The topological polar surface area (TPSA) is 55.9 Å². The van der Waals surface area contributed by atoms with Gasteiger partial charge in [0.05, 0.1) is 5.60 Å². The lowest BCUT2D eigenvalue weighted by molar-refractivity contribution is 0.0785. The highest BCUT2D eigenvalue weighted by molar-refractivity contribution is 9.10. The molecule has 6 aromatic carbocycles. The first-order chi connectivity index (χ1) is 26.8. The number of aromatic nitrogens is 4. The summed E-state index contributed by atoms with van der Waals surface area (Å²) in [5, 5.41) is 10.4. The van der Waals surface area contributed by atoms with Gasteiger partial charge in [0, 0.05) is 53.2 Å². The third-order valence-corrected chi connectivity index (χ3v) is 11.9. The van der Waals surface area contributed by atoms with Gasteiger partial charge < -0.3 is 14.2 Å². The fourth-order valence-corrected chi connectivity index (χ4v) is 9.04. The van der Waals surface area contributed by atoms with Crippen molar-refractivity contribution in [1.82, 2.24) is 19.1 Å². The van der Waals surface area contributed by atoms with Gasteiger partial charge in [0.15, 0.2) is 0 Å². The number of benzene rings is 6. The lowest BCUT2D eigenvalue weighted by Gasteiger charge is -2.34. The maximum Gasteiger partial charge on any atom is 0.141 e. The number of imidazole rings is 2. The zero-order valence-electron chi connectivity index (χ0n) is 30.8. The van der Waals surface area contributed by atoms with Crippen molar-refractivity contribution < 1.29 is 5.11 Å². The standard InChI is InChI=1S/C26H24N2O.C23H17BrN2/c1-25(2,29)20-12-14-21(15-13-20)26(18-19-8-4-3-5-9-19)23-11-7-6-10-22(23)24-27-16-17-28(24)26;24-19-12-10-18(11-13-19)23(16-17-6-2-1-3-7-17)21-9-5-4-8-20(21)22-25-14-15-26(22)23/h3-17,29H,18H2,1-2H3;1-15H,16H2. The Labute approximate surface area is 330 Å². The molecule has 5 nitrogen and oxygen atoms in total. The molecule has 0 spiro atoms. The van der Waals surface area contributed by atoms with E-state index in [0.717, 1.165) is 34.5 Å².